The van der Waals surface area contributed by atoms with E-state index < -0.39 is 29.5 Å². The molecule has 3 aliphatic rings. The third-order valence-corrected chi connectivity index (χ3v) is 8.97. The summed E-state index contributed by atoms with van der Waals surface area (Å²) < 4.78 is 88.3. The Bertz CT molecular complexity index is 1450. The summed E-state index contributed by atoms with van der Waals surface area (Å²) in [7, 11) is 1.57. The SMILES string of the molecule is Cc1c2c(cc3c1N(CC1CCCC1)CCCC3N(Cc1cc(C(F)(F)F)cc(C(F)(F)F)c1)c1nnn(C)n1)COC2. The highest BCUT2D eigenvalue weighted by atomic mass is 19.4. The lowest BCUT2D eigenvalue weighted by molar-refractivity contribution is -0.143. The van der Waals surface area contributed by atoms with Crippen molar-refractivity contribution >= 4 is 11.6 Å². The highest BCUT2D eigenvalue weighted by Crippen LogP contribution is 2.45. The Morgan fingerprint density at radius 2 is 1.63 bits per heavy atom. The first kappa shape index (κ1) is 29.7. The van der Waals surface area contributed by atoms with E-state index in [1.807, 2.05) is 0 Å². The third-order valence-electron chi connectivity index (χ3n) is 8.97. The number of fused-ring (bicyclic) bond motifs is 2. The highest BCUT2D eigenvalue weighted by molar-refractivity contribution is 5.67. The van der Waals surface area contributed by atoms with E-state index >= 15 is 0 Å². The van der Waals surface area contributed by atoms with Crippen LogP contribution in [-0.2, 0) is 43.9 Å². The van der Waals surface area contributed by atoms with E-state index in [4.69, 9.17) is 4.74 Å². The molecule has 3 aromatic rings. The van der Waals surface area contributed by atoms with Crippen molar-refractivity contribution in [3.05, 3.63) is 63.2 Å². The topological polar surface area (TPSA) is 59.3 Å². The number of hydrogen-bond acceptors (Lipinski definition) is 6. The number of benzene rings is 2. The molecule has 7 nitrogen and oxygen atoms in total. The zero-order valence-electron chi connectivity index (χ0n) is 24.1. The molecule has 0 bridgehead atoms. The van der Waals surface area contributed by atoms with Crippen LogP contribution in [0.2, 0.25) is 0 Å². The molecular formula is C30H34F6N6O. The third kappa shape index (κ3) is 6.05. The second-order valence-corrected chi connectivity index (χ2v) is 11.9. The Hall–Kier alpha value is -3.35. The lowest BCUT2D eigenvalue weighted by Crippen LogP contribution is -2.32. The summed E-state index contributed by atoms with van der Waals surface area (Å²) in [5.74, 6) is 0.722. The minimum atomic E-state index is -4.95. The van der Waals surface area contributed by atoms with Crippen molar-refractivity contribution in [3.63, 3.8) is 0 Å². The van der Waals surface area contributed by atoms with Gasteiger partial charge in [0.15, 0.2) is 0 Å². The lowest BCUT2D eigenvalue weighted by atomic mass is 9.91. The van der Waals surface area contributed by atoms with Gasteiger partial charge in [-0.25, -0.2) is 0 Å². The molecule has 0 saturated heterocycles. The quantitative estimate of drug-likeness (QED) is 0.278. The van der Waals surface area contributed by atoms with Crippen LogP contribution in [0, 0.1) is 12.8 Å². The molecule has 232 valence electrons. The number of aryl methyl sites for hydroxylation is 1. The standard InChI is InChI=1S/C30H34F6N6O/c1-18-25-17-43-16-21(25)12-24-26(8-5-9-41(27(18)24)14-19-6-3-4-7-19)42(28-37-39-40(2)38-28)15-20-10-22(29(31,32)33)13-23(11-20)30(34,35)36/h10-13,19,26H,3-9,14-17H2,1-2H3. The number of halogens is 6. The van der Waals surface area contributed by atoms with Crippen LogP contribution in [0.25, 0.3) is 0 Å². The first-order valence-electron chi connectivity index (χ1n) is 14.7. The van der Waals surface area contributed by atoms with Crippen LogP contribution in [0.4, 0.5) is 38.0 Å². The second-order valence-electron chi connectivity index (χ2n) is 11.9. The fourth-order valence-electron chi connectivity index (χ4n) is 6.98. The first-order valence-corrected chi connectivity index (χ1v) is 14.7. The van der Waals surface area contributed by atoms with Crippen LogP contribution in [0.3, 0.4) is 0 Å². The second kappa shape index (κ2) is 11.3. The van der Waals surface area contributed by atoms with Gasteiger partial charge in [-0.3, -0.25) is 0 Å². The molecule has 0 amide bonds. The van der Waals surface area contributed by atoms with Crippen LogP contribution >= 0.6 is 0 Å². The molecule has 1 aliphatic carbocycles. The van der Waals surface area contributed by atoms with E-state index in [2.05, 4.69) is 33.3 Å². The van der Waals surface area contributed by atoms with E-state index in [0.29, 0.717) is 25.6 Å². The van der Waals surface area contributed by atoms with Crippen molar-refractivity contribution in [1.82, 2.24) is 20.2 Å². The number of rotatable bonds is 6. The Morgan fingerprint density at radius 1 is 0.930 bits per heavy atom. The molecule has 0 radical (unpaired) electrons. The molecule has 1 aromatic heterocycles. The van der Waals surface area contributed by atoms with Gasteiger partial charge in [-0.1, -0.05) is 17.9 Å². The fraction of sp³-hybridized carbons (Fsp3) is 0.567. The van der Waals surface area contributed by atoms with Crippen molar-refractivity contribution in [2.75, 3.05) is 22.9 Å². The van der Waals surface area contributed by atoms with Crippen LogP contribution < -0.4 is 9.80 Å². The summed E-state index contributed by atoms with van der Waals surface area (Å²) in [6, 6.07) is 3.41. The van der Waals surface area contributed by atoms with Gasteiger partial charge in [0, 0.05) is 25.3 Å². The summed E-state index contributed by atoms with van der Waals surface area (Å²) in [6.07, 6.45) is -3.72. The van der Waals surface area contributed by atoms with Gasteiger partial charge in [0.2, 0.25) is 0 Å². The molecule has 1 atom stereocenters. The molecule has 0 spiro atoms. The maximum atomic E-state index is 13.8. The zero-order chi connectivity index (χ0) is 30.5. The van der Waals surface area contributed by atoms with Crippen molar-refractivity contribution in [2.24, 2.45) is 13.0 Å². The molecular weight excluding hydrogens is 574 g/mol. The van der Waals surface area contributed by atoms with E-state index in [1.54, 1.807) is 11.9 Å². The normalized spacial score (nSPS) is 19.4. The average molecular weight is 609 g/mol. The molecule has 2 aromatic carbocycles. The van der Waals surface area contributed by atoms with Crippen molar-refractivity contribution in [1.29, 1.82) is 0 Å². The number of aromatic nitrogens is 4. The van der Waals surface area contributed by atoms with Gasteiger partial charge in [0.25, 0.3) is 5.95 Å². The number of alkyl halides is 6. The number of tetrazole rings is 1. The number of anilines is 2. The number of ether oxygens (including phenoxy) is 1. The largest absolute Gasteiger partial charge is 0.416 e. The molecule has 3 heterocycles. The summed E-state index contributed by atoms with van der Waals surface area (Å²) in [6.45, 7) is 4.49. The molecule has 6 rings (SSSR count). The van der Waals surface area contributed by atoms with Crippen molar-refractivity contribution in [2.45, 2.75) is 83.6 Å². The van der Waals surface area contributed by atoms with Crippen LogP contribution in [-0.4, -0.2) is 33.3 Å². The molecule has 1 unspecified atom stereocenters. The van der Waals surface area contributed by atoms with Crippen LogP contribution in [0.15, 0.2) is 24.3 Å². The minimum absolute atomic E-state index is 0.135. The number of hydrogen-bond donors (Lipinski definition) is 0. The molecule has 1 saturated carbocycles. The van der Waals surface area contributed by atoms with Gasteiger partial charge >= 0.3 is 12.4 Å². The Morgan fingerprint density at radius 3 is 2.26 bits per heavy atom. The summed E-state index contributed by atoms with van der Waals surface area (Å²) in [5.41, 5.74) is 2.52. The number of nitrogens with zero attached hydrogens (tertiary/aromatic N) is 6. The predicted molar refractivity (Wildman–Crippen MR) is 147 cm³/mol. The Balaban J connectivity index is 1.47. The van der Waals surface area contributed by atoms with Gasteiger partial charge in [-0.2, -0.15) is 31.1 Å². The smallest absolute Gasteiger partial charge is 0.372 e. The zero-order valence-corrected chi connectivity index (χ0v) is 24.1. The molecule has 13 heteroatoms. The summed E-state index contributed by atoms with van der Waals surface area (Å²) >= 11 is 0. The van der Waals surface area contributed by atoms with Crippen molar-refractivity contribution < 1.29 is 31.1 Å². The highest BCUT2D eigenvalue weighted by Gasteiger charge is 2.39. The van der Waals surface area contributed by atoms with Crippen LogP contribution in [0.1, 0.15) is 83.5 Å². The monoisotopic (exact) mass is 608 g/mol. The molecule has 0 N–H and O–H groups in total. The maximum absolute atomic E-state index is 13.8. The van der Waals surface area contributed by atoms with Gasteiger partial charge in [0.05, 0.1) is 37.4 Å². The summed E-state index contributed by atoms with van der Waals surface area (Å²) in [4.78, 5) is 5.39. The van der Waals surface area contributed by atoms with E-state index in [1.165, 1.54) is 30.5 Å². The first-order chi connectivity index (χ1) is 20.4. The Kier molecular flexibility index (Phi) is 7.80. The lowest BCUT2D eigenvalue weighted by Gasteiger charge is -2.34. The van der Waals surface area contributed by atoms with Gasteiger partial charge < -0.3 is 14.5 Å². The van der Waals surface area contributed by atoms with Gasteiger partial charge in [-0.15, -0.1) is 5.10 Å². The maximum Gasteiger partial charge on any atom is 0.416 e. The van der Waals surface area contributed by atoms with Crippen LogP contribution in [0.5, 0.6) is 0 Å². The van der Waals surface area contributed by atoms with E-state index in [9.17, 15) is 26.3 Å². The molecule has 2 aliphatic heterocycles. The molecule has 43 heavy (non-hydrogen) atoms. The van der Waals surface area contributed by atoms with Crippen molar-refractivity contribution in [3.8, 4) is 0 Å². The van der Waals surface area contributed by atoms with Gasteiger partial charge in [-0.05, 0) is 95.8 Å². The van der Waals surface area contributed by atoms with Gasteiger partial charge in [0.1, 0.15) is 0 Å². The van der Waals surface area contributed by atoms with E-state index in [0.717, 1.165) is 59.6 Å². The minimum Gasteiger partial charge on any atom is -0.372 e. The Labute approximate surface area is 245 Å². The molecule has 1 fully saturated rings. The predicted octanol–water partition coefficient (Wildman–Crippen LogP) is 7.12. The average Bonchev–Trinajstić information content (AvgIpc) is 3.69. The van der Waals surface area contributed by atoms with E-state index in [-0.39, 0.29) is 24.1 Å². The fourth-order valence-corrected chi connectivity index (χ4v) is 6.98. The summed E-state index contributed by atoms with van der Waals surface area (Å²) in [5, 5.41) is 12.5.